The van der Waals surface area contributed by atoms with Crippen LogP contribution in [-0.2, 0) is 11.2 Å². The lowest BCUT2D eigenvalue weighted by atomic mass is 10.1. The third-order valence-electron chi connectivity index (χ3n) is 3.52. The number of rotatable bonds is 4. The van der Waals surface area contributed by atoms with Gasteiger partial charge in [0, 0.05) is 25.6 Å². The predicted molar refractivity (Wildman–Crippen MR) is 92.9 cm³/mol. The molecule has 0 radical (unpaired) electrons. The van der Waals surface area contributed by atoms with Crippen molar-refractivity contribution in [3.05, 3.63) is 5.01 Å². The first-order valence-corrected chi connectivity index (χ1v) is 9.11. The summed E-state index contributed by atoms with van der Waals surface area (Å²) in [6, 6.07) is 0.341. The summed E-state index contributed by atoms with van der Waals surface area (Å²) in [4.78, 5) is 13.8. The fourth-order valence-corrected chi connectivity index (χ4v) is 3.48. The van der Waals surface area contributed by atoms with Crippen LogP contribution in [0.25, 0.3) is 0 Å². The van der Waals surface area contributed by atoms with Crippen LogP contribution in [0.2, 0.25) is 0 Å². The maximum Gasteiger partial charge on any atom is 0.410 e. The molecular formula is C16H28N4O2S. The van der Waals surface area contributed by atoms with E-state index in [1.165, 1.54) is 0 Å². The highest BCUT2D eigenvalue weighted by Gasteiger charge is 2.27. The monoisotopic (exact) mass is 340 g/mol. The maximum absolute atomic E-state index is 12.0. The second kappa shape index (κ2) is 7.47. The molecule has 1 fully saturated rings. The number of piperidine rings is 1. The van der Waals surface area contributed by atoms with Crippen LogP contribution in [-0.4, -0.2) is 45.9 Å². The number of hydrogen-bond donors (Lipinski definition) is 1. The Kier molecular flexibility index (Phi) is 5.84. The molecule has 1 aliphatic heterocycles. The standard InChI is InChI=1S/C16H28N4O2S/c1-11(2)10-13-18-19-14(23-13)17-12-6-8-20(9-7-12)15(21)22-16(3,4)5/h11-12H,6-10H2,1-5H3,(H,17,19). The van der Waals surface area contributed by atoms with Crippen molar-refractivity contribution in [2.75, 3.05) is 18.4 Å². The van der Waals surface area contributed by atoms with E-state index < -0.39 is 5.60 Å². The molecule has 1 amide bonds. The first-order chi connectivity index (χ1) is 10.7. The molecule has 0 saturated carbocycles. The van der Waals surface area contributed by atoms with Crippen LogP contribution in [0, 0.1) is 5.92 Å². The third-order valence-corrected chi connectivity index (χ3v) is 4.40. The minimum absolute atomic E-state index is 0.217. The average molecular weight is 340 g/mol. The van der Waals surface area contributed by atoms with Gasteiger partial charge >= 0.3 is 6.09 Å². The van der Waals surface area contributed by atoms with Crippen molar-refractivity contribution in [3.63, 3.8) is 0 Å². The Hall–Kier alpha value is -1.37. The lowest BCUT2D eigenvalue weighted by molar-refractivity contribution is 0.0210. The molecule has 1 aromatic heterocycles. The Morgan fingerprint density at radius 3 is 2.57 bits per heavy atom. The SMILES string of the molecule is CC(C)Cc1nnc(NC2CCN(C(=O)OC(C)(C)C)CC2)s1. The van der Waals surface area contributed by atoms with Crippen molar-refractivity contribution in [3.8, 4) is 0 Å². The zero-order valence-electron chi connectivity index (χ0n) is 14.8. The first-order valence-electron chi connectivity index (χ1n) is 8.30. The molecule has 0 aromatic carbocycles. The highest BCUT2D eigenvalue weighted by Crippen LogP contribution is 2.22. The summed E-state index contributed by atoms with van der Waals surface area (Å²) in [6.07, 6.45) is 2.55. The van der Waals surface area contributed by atoms with Gasteiger partial charge in [0.1, 0.15) is 10.6 Å². The largest absolute Gasteiger partial charge is 0.444 e. The van der Waals surface area contributed by atoms with Gasteiger partial charge in [-0.25, -0.2) is 4.79 Å². The molecule has 2 heterocycles. The normalized spacial score (nSPS) is 16.7. The van der Waals surface area contributed by atoms with Gasteiger partial charge < -0.3 is 15.0 Å². The van der Waals surface area contributed by atoms with Gasteiger partial charge in [-0.1, -0.05) is 25.2 Å². The van der Waals surface area contributed by atoms with Gasteiger partial charge in [0.05, 0.1) is 0 Å². The first kappa shape index (κ1) is 18.0. The van der Waals surface area contributed by atoms with Crippen LogP contribution in [0.1, 0.15) is 52.5 Å². The van der Waals surface area contributed by atoms with E-state index in [-0.39, 0.29) is 6.09 Å². The summed E-state index contributed by atoms with van der Waals surface area (Å²) in [7, 11) is 0. The Labute approximate surface area is 142 Å². The Balaban J connectivity index is 1.78. The van der Waals surface area contributed by atoms with Crippen LogP contribution in [0.3, 0.4) is 0 Å². The number of amides is 1. The Morgan fingerprint density at radius 2 is 2.00 bits per heavy atom. The van der Waals surface area contributed by atoms with E-state index in [0.717, 1.165) is 29.4 Å². The second-order valence-electron chi connectivity index (χ2n) is 7.48. The van der Waals surface area contributed by atoms with Crippen molar-refractivity contribution in [2.24, 2.45) is 5.92 Å². The van der Waals surface area contributed by atoms with Crippen LogP contribution < -0.4 is 5.32 Å². The number of hydrogen-bond acceptors (Lipinski definition) is 6. The number of carbonyl (C=O) groups is 1. The average Bonchev–Trinajstić information content (AvgIpc) is 2.84. The molecule has 1 aromatic rings. The molecule has 7 heteroatoms. The highest BCUT2D eigenvalue weighted by molar-refractivity contribution is 7.15. The molecular weight excluding hydrogens is 312 g/mol. The number of anilines is 1. The molecule has 1 N–H and O–H groups in total. The molecule has 2 rings (SSSR count). The van der Waals surface area contributed by atoms with Crippen molar-refractivity contribution in [1.82, 2.24) is 15.1 Å². The topological polar surface area (TPSA) is 67.4 Å². The minimum Gasteiger partial charge on any atom is -0.444 e. The Morgan fingerprint density at radius 1 is 1.35 bits per heavy atom. The number of likely N-dealkylation sites (tertiary alicyclic amines) is 1. The van der Waals surface area contributed by atoms with Gasteiger partial charge in [0.2, 0.25) is 5.13 Å². The van der Waals surface area contributed by atoms with Crippen molar-refractivity contribution < 1.29 is 9.53 Å². The van der Waals surface area contributed by atoms with Gasteiger partial charge in [-0.2, -0.15) is 0 Å². The van der Waals surface area contributed by atoms with Crippen LogP contribution in [0.4, 0.5) is 9.93 Å². The summed E-state index contributed by atoms with van der Waals surface area (Å²) in [5.41, 5.74) is -0.439. The van der Waals surface area contributed by atoms with Gasteiger partial charge in [-0.15, -0.1) is 10.2 Å². The molecule has 0 aliphatic carbocycles. The van der Waals surface area contributed by atoms with E-state index in [1.54, 1.807) is 16.2 Å². The van der Waals surface area contributed by atoms with E-state index >= 15 is 0 Å². The molecule has 130 valence electrons. The molecule has 1 saturated heterocycles. The predicted octanol–water partition coefficient (Wildman–Crippen LogP) is 3.55. The Bertz CT molecular complexity index is 516. The highest BCUT2D eigenvalue weighted by atomic mass is 32.1. The van der Waals surface area contributed by atoms with Crippen LogP contribution >= 0.6 is 11.3 Å². The number of ether oxygens (including phenoxy) is 1. The molecule has 0 atom stereocenters. The number of aromatic nitrogens is 2. The summed E-state index contributed by atoms with van der Waals surface area (Å²) in [5.74, 6) is 0.591. The minimum atomic E-state index is -0.439. The summed E-state index contributed by atoms with van der Waals surface area (Å²) < 4.78 is 5.42. The van der Waals surface area contributed by atoms with E-state index in [1.807, 2.05) is 20.8 Å². The molecule has 6 nitrogen and oxygen atoms in total. The fraction of sp³-hybridized carbons (Fsp3) is 0.812. The number of nitrogens with zero attached hydrogens (tertiary/aromatic N) is 3. The molecule has 0 unspecified atom stereocenters. The zero-order chi connectivity index (χ0) is 17.0. The van der Waals surface area contributed by atoms with Gasteiger partial charge in [-0.3, -0.25) is 0 Å². The van der Waals surface area contributed by atoms with E-state index in [4.69, 9.17) is 4.74 Å². The fourth-order valence-electron chi connectivity index (χ4n) is 2.45. The maximum atomic E-state index is 12.0. The third kappa shape index (κ3) is 5.97. The molecule has 23 heavy (non-hydrogen) atoms. The summed E-state index contributed by atoms with van der Waals surface area (Å²) in [5, 5.41) is 13.9. The van der Waals surface area contributed by atoms with Crippen molar-refractivity contribution in [2.45, 2.75) is 65.5 Å². The van der Waals surface area contributed by atoms with Crippen molar-refractivity contribution in [1.29, 1.82) is 0 Å². The van der Waals surface area contributed by atoms with Gasteiger partial charge in [0.25, 0.3) is 0 Å². The van der Waals surface area contributed by atoms with Gasteiger partial charge in [-0.05, 0) is 39.5 Å². The molecule has 0 bridgehead atoms. The van der Waals surface area contributed by atoms with Gasteiger partial charge in [0.15, 0.2) is 0 Å². The van der Waals surface area contributed by atoms with Crippen LogP contribution in [0.15, 0.2) is 0 Å². The second-order valence-corrected chi connectivity index (χ2v) is 8.55. The smallest absolute Gasteiger partial charge is 0.410 e. The van der Waals surface area contributed by atoms with E-state index in [0.29, 0.717) is 25.0 Å². The van der Waals surface area contributed by atoms with Crippen molar-refractivity contribution >= 4 is 22.6 Å². The molecule has 0 spiro atoms. The molecule has 1 aliphatic rings. The number of nitrogens with one attached hydrogen (secondary N) is 1. The van der Waals surface area contributed by atoms with Crippen LogP contribution in [0.5, 0.6) is 0 Å². The quantitative estimate of drug-likeness (QED) is 0.908. The summed E-state index contributed by atoms with van der Waals surface area (Å²) >= 11 is 1.63. The lowest BCUT2D eigenvalue weighted by Gasteiger charge is -2.33. The summed E-state index contributed by atoms with van der Waals surface area (Å²) in [6.45, 7) is 11.5. The lowest BCUT2D eigenvalue weighted by Crippen LogP contribution is -2.44. The van der Waals surface area contributed by atoms with E-state index in [9.17, 15) is 4.79 Å². The zero-order valence-corrected chi connectivity index (χ0v) is 15.6. The van der Waals surface area contributed by atoms with E-state index in [2.05, 4.69) is 29.4 Å². The number of carbonyl (C=O) groups excluding carboxylic acids is 1.